The molecule has 9 heavy (non-hydrogen) atoms. The number of carboxylic acid groups (broad SMARTS) is 1. The Morgan fingerprint density at radius 1 is 1.78 bits per heavy atom. The van der Waals surface area contributed by atoms with Crippen LogP contribution in [0.4, 0.5) is 0 Å². The minimum atomic E-state index is -0.950. The number of aliphatic carboxylic acids is 1. The monoisotopic (exact) mass is 204 g/mol. The van der Waals surface area contributed by atoms with Crippen molar-refractivity contribution in [2.45, 2.75) is 6.04 Å². The van der Waals surface area contributed by atoms with Crippen LogP contribution < -0.4 is 5.32 Å². The SMILES string of the molecule is [CH2-]CNC([CH2-])C(=O)O.[Y]. The fraction of sp³-hybridized carbons (Fsp3) is 0.400. The quantitative estimate of drug-likeness (QED) is 0.620. The molecule has 3 nitrogen and oxygen atoms in total. The summed E-state index contributed by atoms with van der Waals surface area (Å²) in [5.41, 5.74) is 0. The van der Waals surface area contributed by atoms with Gasteiger partial charge in [0.1, 0.15) is 0 Å². The van der Waals surface area contributed by atoms with Crippen molar-refractivity contribution in [1.82, 2.24) is 5.32 Å². The van der Waals surface area contributed by atoms with Gasteiger partial charge in [-0.05, 0) is 6.04 Å². The molecule has 0 amide bonds. The normalized spacial score (nSPS) is 11.8. The zero-order valence-corrected chi connectivity index (χ0v) is 7.97. The van der Waals surface area contributed by atoms with Crippen molar-refractivity contribution in [1.29, 1.82) is 0 Å². The summed E-state index contributed by atoms with van der Waals surface area (Å²) in [6, 6.07) is -0.729. The molecule has 2 N–H and O–H groups in total. The summed E-state index contributed by atoms with van der Waals surface area (Å²) in [6.45, 7) is 7.06. The van der Waals surface area contributed by atoms with E-state index in [0.29, 0.717) is 6.54 Å². The van der Waals surface area contributed by atoms with Crippen LogP contribution in [0.5, 0.6) is 0 Å². The first-order valence-corrected chi connectivity index (χ1v) is 2.27. The predicted molar refractivity (Wildman–Crippen MR) is 30.1 cm³/mol. The maximum Gasteiger partial charge on any atom is 0.289 e. The number of carboxylic acids is 1. The number of rotatable bonds is 3. The van der Waals surface area contributed by atoms with Gasteiger partial charge in [0.05, 0.1) is 0 Å². The standard InChI is InChI=1S/C5H9NO2.Y/c1-3-6-4(2)5(7)8;/h4,6H,1-3H2,(H,7,8);/q-2;. The second-order valence-electron chi connectivity index (χ2n) is 1.34. The molecule has 0 aromatic rings. The van der Waals surface area contributed by atoms with E-state index in [4.69, 9.17) is 5.11 Å². The van der Waals surface area contributed by atoms with Crippen molar-refractivity contribution in [3.8, 4) is 0 Å². The molecule has 0 aromatic carbocycles. The largest absolute Gasteiger partial charge is 0.482 e. The Bertz CT molecular complexity index is 87.0. The molecular formula is C5H9NO2Y-2. The maximum atomic E-state index is 9.94. The van der Waals surface area contributed by atoms with Gasteiger partial charge in [-0.1, -0.05) is 0 Å². The molecule has 1 radical (unpaired) electrons. The molecule has 0 spiro atoms. The Hall–Kier alpha value is 0.534. The summed E-state index contributed by atoms with van der Waals surface area (Å²) in [7, 11) is 0. The van der Waals surface area contributed by atoms with Crippen LogP contribution in [-0.4, -0.2) is 23.7 Å². The molecule has 1 atom stereocenters. The van der Waals surface area contributed by atoms with E-state index in [1.54, 1.807) is 0 Å². The summed E-state index contributed by atoms with van der Waals surface area (Å²) < 4.78 is 0. The zero-order chi connectivity index (χ0) is 6.57. The molecule has 0 rings (SSSR count). The molecule has 0 aliphatic rings. The van der Waals surface area contributed by atoms with Gasteiger partial charge in [0, 0.05) is 32.7 Å². The summed E-state index contributed by atoms with van der Waals surface area (Å²) in [5, 5.41) is 10.7. The first kappa shape index (κ1) is 12.2. The van der Waals surface area contributed by atoms with E-state index < -0.39 is 12.0 Å². The smallest absolute Gasteiger partial charge is 0.289 e. The number of nitrogens with one attached hydrogen (secondary N) is 1. The van der Waals surface area contributed by atoms with Gasteiger partial charge in [-0.3, -0.25) is 4.79 Å². The van der Waals surface area contributed by atoms with Crippen LogP contribution in [0.15, 0.2) is 0 Å². The van der Waals surface area contributed by atoms with Crippen molar-refractivity contribution >= 4 is 5.97 Å². The van der Waals surface area contributed by atoms with Gasteiger partial charge in [-0.2, -0.15) is 0 Å². The van der Waals surface area contributed by atoms with Crippen LogP contribution in [0.1, 0.15) is 0 Å². The molecule has 0 saturated carbocycles. The van der Waals surface area contributed by atoms with Crippen molar-refractivity contribution in [2.75, 3.05) is 6.54 Å². The van der Waals surface area contributed by atoms with Gasteiger partial charge in [0.2, 0.25) is 0 Å². The number of hydrogen-bond acceptors (Lipinski definition) is 2. The van der Waals surface area contributed by atoms with Crippen molar-refractivity contribution < 1.29 is 42.6 Å². The summed E-state index contributed by atoms with van der Waals surface area (Å²) >= 11 is 0. The van der Waals surface area contributed by atoms with Crippen LogP contribution in [-0.2, 0) is 37.5 Å². The second kappa shape index (κ2) is 6.65. The Kier molecular flexibility index (Phi) is 9.04. The van der Waals surface area contributed by atoms with Gasteiger partial charge >= 0.3 is 0 Å². The topological polar surface area (TPSA) is 49.3 Å². The Labute approximate surface area is 80.1 Å². The molecule has 0 fully saturated rings. The van der Waals surface area contributed by atoms with Gasteiger partial charge in [0.25, 0.3) is 5.97 Å². The minimum absolute atomic E-state index is 0. The van der Waals surface area contributed by atoms with E-state index in [9.17, 15) is 4.79 Å². The summed E-state index contributed by atoms with van der Waals surface area (Å²) in [4.78, 5) is 9.94. The van der Waals surface area contributed by atoms with E-state index in [1.165, 1.54) is 0 Å². The first-order valence-electron chi connectivity index (χ1n) is 2.27. The van der Waals surface area contributed by atoms with Crippen LogP contribution >= 0.6 is 0 Å². The third-order valence-electron chi connectivity index (χ3n) is 0.689. The summed E-state index contributed by atoms with van der Waals surface area (Å²) in [5.74, 6) is -0.950. The predicted octanol–water partition coefficient (Wildman–Crippen LogP) is -0.305. The molecular weight excluding hydrogens is 195 g/mol. The average Bonchev–Trinajstić information content (AvgIpc) is 1.67. The van der Waals surface area contributed by atoms with Gasteiger partial charge in [-0.25, -0.2) is 0 Å². The van der Waals surface area contributed by atoms with Gasteiger partial charge in [-0.15, -0.1) is 6.54 Å². The Morgan fingerprint density at radius 3 is 2.33 bits per heavy atom. The van der Waals surface area contributed by atoms with Crippen molar-refractivity contribution in [2.24, 2.45) is 0 Å². The Morgan fingerprint density at radius 2 is 2.22 bits per heavy atom. The van der Waals surface area contributed by atoms with E-state index in [1.807, 2.05) is 0 Å². The molecule has 1 unspecified atom stereocenters. The first-order chi connectivity index (χ1) is 3.68. The van der Waals surface area contributed by atoms with Crippen LogP contribution in [0.2, 0.25) is 0 Å². The molecule has 0 saturated heterocycles. The van der Waals surface area contributed by atoms with E-state index in [-0.39, 0.29) is 32.7 Å². The molecule has 0 heterocycles. The molecule has 0 bridgehead atoms. The third-order valence-corrected chi connectivity index (χ3v) is 0.689. The van der Waals surface area contributed by atoms with Gasteiger partial charge < -0.3 is 24.3 Å². The molecule has 0 aliphatic heterocycles. The third kappa shape index (κ3) is 6.42. The Balaban J connectivity index is 0. The zero-order valence-electron chi connectivity index (χ0n) is 5.13. The van der Waals surface area contributed by atoms with E-state index >= 15 is 0 Å². The van der Waals surface area contributed by atoms with E-state index in [2.05, 4.69) is 19.2 Å². The average molecular weight is 204 g/mol. The summed E-state index contributed by atoms with van der Waals surface area (Å²) in [6.07, 6.45) is 0. The van der Waals surface area contributed by atoms with Crippen LogP contribution in [0.25, 0.3) is 0 Å². The van der Waals surface area contributed by atoms with Crippen LogP contribution in [0, 0.1) is 13.8 Å². The number of carbonyl (C=O) groups is 1. The number of hydrogen-bond donors (Lipinski definition) is 2. The minimum Gasteiger partial charge on any atom is -0.482 e. The molecule has 4 heteroatoms. The van der Waals surface area contributed by atoms with Gasteiger partial charge in [0.15, 0.2) is 0 Å². The molecule has 0 aromatic heterocycles. The van der Waals surface area contributed by atoms with Crippen molar-refractivity contribution in [3.05, 3.63) is 13.8 Å². The fourth-order valence-corrected chi connectivity index (χ4v) is 0.262. The van der Waals surface area contributed by atoms with Crippen molar-refractivity contribution in [3.63, 3.8) is 0 Å². The fourth-order valence-electron chi connectivity index (χ4n) is 0.262. The molecule has 51 valence electrons. The second-order valence-corrected chi connectivity index (χ2v) is 1.34. The maximum absolute atomic E-state index is 9.94. The molecule has 0 aliphatic carbocycles. The van der Waals surface area contributed by atoms with E-state index in [0.717, 1.165) is 0 Å². The van der Waals surface area contributed by atoms with Crippen LogP contribution in [0.3, 0.4) is 0 Å².